The molecule has 1 aromatic heterocycles. The molecule has 3 N–H and O–H groups in total. The smallest absolute Gasteiger partial charge is 0.305 e. The van der Waals surface area contributed by atoms with Crippen molar-refractivity contribution < 1.29 is 24.9 Å². The van der Waals surface area contributed by atoms with Crippen molar-refractivity contribution in [3.8, 4) is 34.1 Å². The monoisotopic (exact) mass is 339 g/mol. The van der Waals surface area contributed by atoms with Crippen molar-refractivity contribution in [1.82, 2.24) is 4.57 Å². The summed E-state index contributed by atoms with van der Waals surface area (Å²) in [6, 6.07) is 7.54. The van der Waals surface area contributed by atoms with Crippen molar-refractivity contribution >= 4 is 16.7 Å². The van der Waals surface area contributed by atoms with Crippen molar-refractivity contribution in [3.05, 3.63) is 46.9 Å². The molecule has 3 aromatic rings. The maximum atomic E-state index is 12.7. The van der Waals surface area contributed by atoms with Crippen LogP contribution in [0.2, 0.25) is 0 Å². The number of benzene rings is 2. The molecule has 7 nitrogen and oxygen atoms in total. The van der Waals surface area contributed by atoms with Crippen LogP contribution < -0.4 is 10.3 Å². The third-order valence-electron chi connectivity index (χ3n) is 4.21. The molecule has 0 saturated heterocycles. The Labute approximate surface area is 141 Å². The zero-order valence-electron chi connectivity index (χ0n) is 12.9. The molecule has 0 amide bonds. The van der Waals surface area contributed by atoms with Gasteiger partial charge in [0, 0.05) is 29.3 Å². The van der Waals surface area contributed by atoms with Crippen LogP contribution in [0.1, 0.15) is 6.42 Å². The van der Waals surface area contributed by atoms with E-state index in [1.54, 1.807) is 12.1 Å². The molecule has 0 spiro atoms. The Morgan fingerprint density at radius 3 is 2.56 bits per heavy atom. The number of aryl methyl sites for hydroxylation is 1. The lowest BCUT2D eigenvalue weighted by Crippen LogP contribution is -2.22. The summed E-state index contributed by atoms with van der Waals surface area (Å²) in [6.07, 6.45) is 1.31. The first kappa shape index (κ1) is 15.1. The highest BCUT2D eigenvalue weighted by Crippen LogP contribution is 2.48. The average molecular weight is 339 g/mol. The normalized spacial score (nSPS) is 11.8. The Morgan fingerprint density at radius 1 is 1.04 bits per heavy atom. The van der Waals surface area contributed by atoms with Gasteiger partial charge in [0.05, 0.1) is 11.8 Å². The summed E-state index contributed by atoms with van der Waals surface area (Å²) >= 11 is 0. The summed E-state index contributed by atoms with van der Waals surface area (Å²) in [5.74, 6) is -0.284. The molecular weight excluding hydrogens is 326 g/mol. The number of hydrogen-bond donors (Lipinski definition) is 3. The van der Waals surface area contributed by atoms with Crippen molar-refractivity contribution in [3.63, 3.8) is 0 Å². The average Bonchev–Trinajstić information content (AvgIpc) is 2.57. The summed E-state index contributed by atoms with van der Waals surface area (Å²) in [4.78, 5) is 23.5. The van der Waals surface area contributed by atoms with Gasteiger partial charge in [-0.15, -0.1) is 0 Å². The van der Waals surface area contributed by atoms with Gasteiger partial charge in [-0.1, -0.05) is 0 Å². The molecule has 0 unspecified atom stereocenters. The number of phenols is 2. The van der Waals surface area contributed by atoms with Crippen molar-refractivity contribution in [2.75, 3.05) is 0 Å². The standard InChI is InChI=1S/C18H13NO6/c20-9-1-3-13-10(7-9)11-8-19(6-5-15(22)23)18(24)17-12(21)2-4-14(25-13)16(11)17/h1-4,7-8,20-21H,5-6H2,(H,22,23). The molecule has 7 heteroatoms. The van der Waals surface area contributed by atoms with E-state index in [0.29, 0.717) is 28.0 Å². The fourth-order valence-corrected chi connectivity index (χ4v) is 3.09. The highest BCUT2D eigenvalue weighted by Gasteiger charge is 2.25. The number of aromatic nitrogens is 1. The zero-order valence-corrected chi connectivity index (χ0v) is 12.9. The Bertz CT molecular complexity index is 1100. The summed E-state index contributed by atoms with van der Waals surface area (Å²) in [5, 5.41) is 29.4. The minimum atomic E-state index is -1.03. The van der Waals surface area contributed by atoms with E-state index in [4.69, 9.17) is 9.84 Å². The summed E-state index contributed by atoms with van der Waals surface area (Å²) in [7, 11) is 0. The van der Waals surface area contributed by atoms with Gasteiger partial charge >= 0.3 is 5.97 Å². The first-order valence-electron chi connectivity index (χ1n) is 7.58. The van der Waals surface area contributed by atoms with Crippen LogP contribution in [0.4, 0.5) is 0 Å². The lowest BCUT2D eigenvalue weighted by atomic mass is 9.96. The number of hydrogen-bond acceptors (Lipinski definition) is 5. The van der Waals surface area contributed by atoms with Gasteiger partial charge < -0.3 is 24.6 Å². The number of fused-ring (bicyclic) bond motifs is 2. The number of carbonyl (C=O) groups is 1. The number of ether oxygens (including phenoxy) is 1. The van der Waals surface area contributed by atoms with Gasteiger partial charge in [0.1, 0.15) is 23.0 Å². The molecule has 4 rings (SSSR count). The Morgan fingerprint density at radius 2 is 1.80 bits per heavy atom. The second kappa shape index (κ2) is 5.27. The predicted molar refractivity (Wildman–Crippen MR) is 89.3 cm³/mol. The molecule has 1 aliphatic rings. The molecule has 2 heterocycles. The van der Waals surface area contributed by atoms with E-state index in [2.05, 4.69) is 0 Å². The SMILES string of the molecule is O=C(O)CCn1cc2c3c(ccc(O)c3c1=O)Oc1ccc(O)cc1-2. The van der Waals surface area contributed by atoms with Gasteiger partial charge in [0.2, 0.25) is 0 Å². The third-order valence-corrected chi connectivity index (χ3v) is 4.21. The largest absolute Gasteiger partial charge is 0.508 e. The number of nitrogens with zero attached hydrogens (tertiary/aromatic N) is 1. The van der Waals surface area contributed by atoms with E-state index < -0.39 is 11.5 Å². The van der Waals surface area contributed by atoms with Gasteiger partial charge in [-0.25, -0.2) is 0 Å². The maximum Gasteiger partial charge on any atom is 0.305 e. The Kier molecular flexibility index (Phi) is 3.18. The fraction of sp³-hybridized carbons (Fsp3) is 0.111. The van der Waals surface area contributed by atoms with Crippen LogP contribution in [0.25, 0.3) is 21.9 Å². The van der Waals surface area contributed by atoms with Crippen molar-refractivity contribution in [1.29, 1.82) is 0 Å². The molecule has 0 fully saturated rings. The van der Waals surface area contributed by atoms with Gasteiger partial charge in [-0.3, -0.25) is 9.59 Å². The van der Waals surface area contributed by atoms with Gasteiger partial charge in [-0.2, -0.15) is 0 Å². The number of aliphatic carboxylic acids is 1. The van der Waals surface area contributed by atoms with E-state index in [0.717, 1.165) is 0 Å². The number of carboxylic acid groups (broad SMARTS) is 1. The fourth-order valence-electron chi connectivity index (χ4n) is 3.09. The Hall–Kier alpha value is -3.48. The van der Waals surface area contributed by atoms with Crippen molar-refractivity contribution in [2.24, 2.45) is 0 Å². The molecule has 126 valence electrons. The van der Waals surface area contributed by atoms with E-state index in [9.17, 15) is 19.8 Å². The first-order valence-corrected chi connectivity index (χ1v) is 7.58. The van der Waals surface area contributed by atoms with E-state index in [-0.39, 0.29) is 29.9 Å². The van der Waals surface area contributed by atoms with Gasteiger partial charge in [-0.05, 0) is 30.3 Å². The van der Waals surface area contributed by atoms with Crippen molar-refractivity contribution in [2.45, 2.75) is 13.0 Å². The lowest BCUT2D eigenvalue weighted by Gasteiger charge is -2.22. The zero-order chi connectivity index (χ0) is 17.7. The van der Waals surface area contributed by atoms with Crippen LogP contribution in [0.5, 0.6) is 23.0 Å². The number of pyridine rings is 1. The molecule has 0 atom stereocenters. The molecule has 0 saturated carbocycles. The van der Waals surface area contributed by atoms with Gasteiger partial charge in [0.15, 0.2) is 0 Å². The molecule has 2 aromatic carbocycles. The number of aromatic hydroxyl groups is 2. The maximum absolute atomic E-state index is 12.7. The minimum Gasteiger partial charge on any atom is -0.508 e. The summed E-state index contributed by atoms with van der Waals surface area (Å²) in [5.41, 5.74) is 0.654. The van der Waals surface area contributed by atoms with Crippen LogP contribution in [0, 0.1) is 0 Å². The molecule has 0 aliphatic carbocycles. The Balaban J connectivity index is 2.08. The molecule has 1 aliphatic heterocycles. The second-order valence-corrected chi connectivity index (χ2v) is 5.80. The number of phenolic OH excluding ortho intramolecular Hbond substituents is 2. The van der Waals surface area contributed by atoms with Crippen LogP contribution in [-0.2, 0) is 11.3 Å². The molecule has 25 heavy (non-hydrogen) atoms. The van der Waals surface area contributed by atoms with E-state index in [1.807, 2.05) is 0 Å². The minimum absolute atomic E-state index is 0.0300. The third kappa shape index (κ3) is 2.28. The molecule has 0 bridgehead atoms. The van der Waals surface area contributed by atoms with Gasteiger partial charge in [0.25, 0.3) is 5.56 Å². The molecular formula is C18H13NO6. The molecule has 0 radical (unpaired) electrons. The topological polar surface area (TPSA) is 109 Å². The van der Waals surface area contributed by atoms with Crippen LogP contribution >= 0.6 is 0 Å². The number of carboxylic acids is 1. The lowest BCUT2D eigenvalue weighted by molar-refractivity contribution is -0.137. The summed E-state index contributed by atoms with van der Waals surface area (Å²) < 4.78 is 7.05. The first-order chi connectivity index (χ1) is 12.0. The second-order valence-electron chi connectivity index (χ2n) is 5.80. The number of rotatable bonds is 3. The van der Waals surface area contributed by atoms with Crippen LogP contribution in [0.3, 0.4) is 0 Å². The van der Waals surface area contributed by atoms with E-state index in [1.165, 1.54) is 29.0 Å². The predicted octanol–water partition coefficient (Wildman–Crippen LogP) is 2.66. The van der Waals surface area contributed by atoms with Crippen LogP contribution in [0.15, 0.2) is 41.3 Å². The quantitative estimate of drug-likeness (QED) is 0.529. The van der Waals surface area contributed by atoms with E-state index >= 15 is 0 Å². The van der Waals surface area contributed by atoms with Crippen LogP contribution in [-0.4, -0.2) is 25.9 Å². The highest BCUT2D eigenvalue weighted by molar-refractivity contribution is 6.05. The summed E-state index contributed by atoms with van der Waals surface area (Å²) in [6.45, 7) is -0.0320. The highest BCUT2D eigenvalue weighted by atomic mass is 16.5.